The molecule has 0 saturated carbocycles. The molecule has 1 atom stereocenters. The highest BCUT2D eigenvalue weighted by molar-refractivity contribution is 7.84. The van der Waals surface area contributed by atoms with Gasteiger partial charge in [0, 0.05) is 13.2 Å². The molecule has 0 bridgehead atoms. The number of hydrogen-bond acceptors (Lipinski definition) is 5. The van der Waals surface area contributed by atoms with Crippen LogP contribution < -0.4 is 10.6 Å². The monoisotopic (exact) mass is 337 g/mol. The summed E-state index contributed by atoms with van der Waals surface area (Å²) in [7, 11) is 0. The fourth-order valence-corrected chi connectivity index (χ4v) is 2.52. The Kier molecular flexibility index (Phi) is 6.13. The van der Waals surface area contributed by atoms with Crippen LogP contribution >= 0.6 is 24.2 Å². The first-order valence-electron chi connectivity index (χ1n) is 6.86. The van der Waals surface area contributed by atoms with Gasteiger partial charge in [-0.15, -0.1) is 12.6 Å². The van der Waals surface area contributed by atoms with Crippen LogP contribution in [0.15, 0.2) is 34.9 Å². The largest absolute Gasteiger partial charge is 0.376 e. The highest BCUT2D eigenvalue weighted by Gasteiger charge is 2.19. The van der Waals surface area contributed by atoms with E-state index in [4.69, 9.17) is 16.3 Å². The second-order valence-corrected chi connectivity index (χ2v) is 5.64. The number of benzene rings is 1. The van der Waals surface area contributed by atoms with E-state index in [1.807, 2.05) is 6.07 Å². The summed E-state index contributed by atoms with van der Waals surface area (Å²) in [6.45, 7) is 1.10. The van der Waals surface area contributed by atoms with Crippen molar-refractivity contribution in [2.75, 3.05) is 18.5 Å². The van der Waals surface area contributed by atoms with Gasteiger partial charge in [0.25, 0.3) is 5.91 Å². The third-order valence-electron chi connectivity index (χ3n) is 3.22. The van der Waals surface area contributed by atoms with Gasteiger partial charge in [-0.1, -0.05) is 23.7 Å². The summed E-state index contributed by atoms with van der Waals surface area (Å²) < 4.78 is 5.42. The maximum Gasteiger partial charge on any atom is 0.264 e. The van der Waals surface area contributed by atoms with Crippen molar-refractivity contribution in [1.29, 1.82) is 5.26 Å². The zero-order valence-corrected chi connectivity index (χ0v) is 13.5. The Hall–Kier alpha value is -1.68. The molecule has 1 fully saturated rings. The Balaban J connectivity index is 2.02. The van der Waals surface area contributed by atoms with Crippen molar-refractivity contribution < 1.29 is 9.53 Å². The SMILES string of the molecule is N#CC(C(=O)NCC1CCCO1)=C(S)Nc1ccccc1Cl. The standard InChI is InChI=1S/C15H16ClN3O2S/c16-12-5-1-2-6-13(12)19-15(22)11(8-17)14(20)18-9-10-4-3-7-21-10/h1-2,5-6,10,19,22H,3-4,7,9H2,(H,18,20). The van der Waals surface area contributed by atoms with Crippen molar-refractivity contribution in [2.45, 2.75) is 18.9 Å². The topological polar surface area (TPSA) is 74.2 Å². The maximum atomic E-state index is 12.1. The summed E-state index contributed by atoms with van der Waals surface area (Å²) in [6, 6.07) is 8.88. The molecular weight excluding hydrogens is 322 g/mol. The zero-order chi connectivity index (χ0) is 15.9. The van der Waals surface area contributed by atoms with Crippen LogP contribution in [0, 0.1) is 11.3 Å². The van der Waals surface area contributed by atoms with Gasteiger partial charge in [-0.3, -0.25) is 4.79 Å². The highest BCUT2D eigenvalue weighted by atomic mass is 35.5. The molecule has 1 aromatic carbocycles. The van der Waals surface area contributed by atoms with Gasteiger partial charge in [0.2, 0.25) is 0 Å². The smallest absolute Gasteiger partial charge is 0.264 e. The predicted octanol–water partition coefficient (Wildman–Crippen LogP) is 2.71. The number of nitriles is 1. The Labute approximate surface area is 139 Å². The van der Waals surface area contributed by atoms with Crippen molar-refractivity contribution in [3.05, 3.63) is 39.9 Å². The van der Waals surface area contributed by atoms with E-state index in [1.165, 1.54) is 0 Å². The minimum absolute atomic E-state index is 0.0174. The number of rotatable bonds is 5. The van der Waals surface area contributed by atoms with Gasteiger partial charge in [0.15, 0.2) is 0 Å². The number of hydrogen-bond donors (Lipinski definition) is 3. The van der Waals surface area contributed by atoms with Gasteiger partial charge in [0.1, 0.15) is 11.6 Å². The molecule has 1 saturated heterocycles. The molecule has 116 valence electrons. The number of nitrogens with zero attached hydrogens (tertiary/aromatic N) is 1. The number of nitrogens with one attached hydrogen (secondary N) is 2. The molecule has 2 N–H and O–H groups in total. The molecule has 1 amide bonds. The van der Waals surface area contributed by atoms with Gasteiger partial charge >= 0.3 is 0 Å². The van der Waals surface area contributed by atoms with Gasteiger partial charge in [-0.2, -0.15) is 5.26 Å². The van der Waals surface area contributed by atoms with Crippen LogP contribution in [0.1, 0.15) is 12.8 Å². The van der Waals surface area contributed by atoms with Crippen LogP contribution in [0.3, 0.4) is 0 Å². The number of thiol groups is 1. The Morgan fingerprint density at radius 1 is 1.50 bits per heavy atom. The van der Waals surface area contributed by atoms with Crippen LogP contribution in [-0.2, 0) is 9.53 Å². The lowest BCUT2D eigenvalue weighted by Crippen LogP contribution is -2.33. The molecule has 1 heterocycles. The van der Waals surface area contributed by atoms with E-state index in [0.717, 1.165) is 12.8 Å². The lowest BCUT2D eigenvalue weighted by atomic mass is 10.2. The average Bonchev–Trinajstić information content (AvgIpc) is 3.01. The van der Waals surface area contributed by atoms with E-state index in [2.05, 4.69) is 23.3 Å². The minimum Gasteiger partial charge on any atom is -0.376 e. The van der Waals surface area contributed by atoms with Crippen LogP contribution in [0.2, 0.25) is 5.02 Å². The first kappa shape index (κ1) is 16.7. The molecule has 22 heavy (non-hydrogen) atoms. The molecule has 1 unspecified atom stereocenters. The Morgan fingerprint density at radius 2 is 2.27 bits per heavy atom. The van der Waals surface area contributed by atoms with E-state index in [1.54, 1.807) is 24.3 Å². The molecule has 0 spiro atoms. The van der Waals surface area contributed by atoms with Crippen LogP contribution in [-0.4, -0.2) is 25.2 Å². The summed E-state index contributed by atoms with van der Waals surface area (Å²) in [4.78, 5) is 12.1. The van der Waals surface area contributed by atoms with Gasteiger partial charge in [0.05, 0.1) is 21.8 Å². The molecule has 1 aromatic rings. The van der Waals surface area contributed by atoms with Crippen molar-refractivity contribution >= 4 is 35.8 Å². The number of carbonyl (C=O) groups excluding carboxylic acids is 1. The molecule has 0 radical (unpaired) electrons. The lowest BCUT2D eigenvalue weighted by Gasteiger charge is -2.12. The number of anilines is 1. The molecule has 1 aliphatic rings. The van der Waals surface area contributed by atoms with Gasteiger partial charge in [-0.05, 0) is 25.0 Å². The summed E-state index contributed by atoms with van der Waals surface area (Å²) in [5.41, 5.74) is 0.482. The van der Waals surface area contributed by atoms with Gasteiger partial charge < -0.3 is 15.4 Å². The summed E-state index contributed by atoms with van der Waals surface area (Å²) in [5, 5.41) is 15.4. The van der Waals surface area contributed by atoms with Crippen molar-refractivity contribution in [1.82, 2.24) is 5.32 Å². The van der Waals surface area contributed by atoms with Crippen molar-refractivity contribution in [3.63, 3.8) is 0 Å². The number of amides is 1. The van der Waals surface area contributed by atoms with Crippen molar-refractivity contribution in [3.8, 4) is 6.07 Å². The normalized spacial score (nSPS) is 18.3. The first-order valence-corrected chi connectivity index (χ1v) is 7.69. The Morgan fingerprint density at radius 3 is 2.91 bits per heavy atom. The second kappa shape index (κ2) is 8.08. The number of halogens is 1. The fraction of sp³-hybridized carbons (Fsp3) is 0.333. The fourth-order valence-electron chi connectivity index (χ4n) is 2.06. The van der Waals surface area contributed by atoms with E-state index in [-0.39, 0.29) is 16.7 Å². The molecular formula is C15H16ClN3O2S. The minimum atomic E-state index is -0.484. The molecule has 5 nitrogen and oxygen atoms in total. The highest BCUT2D eigenvalue weighted by Crippen LogP contribution is 2.24. The molecule has 0 aliphatic carbocycles. The first-order chi connectivity index (χ1) is 10.6. The molecule has 2 rings (SSSR count). The summed E-state index contributed by atoms with van der Waals surface area (Å²) in [5.74, 6) is -0.484. The van der Waals surface area contributed by atoms with Crippen LogP contribution in [0.25, 0.3) is 0 Å². The van der Waals surface area contributed by atoms with Crippen molar-refractivity contribution in [2.24, 2.45) is 0 Å². The average molecular weight is 338 g/mol. The zero-order valence-electron chi connectivity index (χ0n) is 11.8. The number of ether oxygens (including phenoxy) is 1. The van der Waals surface area contributed by atoms with E-state index in [9.17, 15) is 10.1 Å². The summed E-state index contributed by atoms with van der Waals surface area (Å²) >= 11 is 10.2. The summed E-state index contributed by atoms with van der Waals surface area (Å²) in [6.07, 6.45) is 1.92. The number of para-hydroxylation sites is 1. The predicted molar refractivity (Wildman–Crippen MR) is 88.7 cm³/mol. The third kappa shape index (κ3) is 4.41. The van der Waals surface area contributed by atoms with Crippen LogP contribution in [0.5, 0.6) is 0 Å². The van der Waals surface area contributed by atoms with Gasteiger partial charge in [-0.25, -0.2) is 0 Å². The lowest BCUT2D eigenvalue weighted by molar-refractivity contribution is -0.117. The van der Waals surface area contributed by atoms with Crippen LogP contribution in [0.4, 0.5) is 5.69 Å². The van der Waals surface area contributed by atoms with E-state index in [0.29, 0.717) is 23.9 Å². The second-order valence-electron chi connectivity index (χ2n) is 4.79. The van der Waals surface area contributed by atoms with E-state index < -0.39 is 5.91 Å². The Bertz CT molecular complexity index is 621. The van der Waals surface area contributed by atoms with E-state index >= 15 is 0 Å². The quantitative estimate of drug-likeness (QED) is 0.439. The number of carbonyl (C=O) groups is 1. The molecule has 7 heteroatoms. The molecule has 0 aromatic heterocycles. The molecule has 1 aliphatic heterocycles. The maximum absolute atomic E-state index is 12.1. The third-order valence-corrected chi connectivity index (χ3v) is 3.88.